The van der Waals surface area contributed by atoms with Crippen molar-refractivity contribution < 1.29 is 4.68 Å². The van der Waals surface area contributed by atoms with E-state index >= 15 is 0 Å². The van der Waals surface area contributed by atoms with Crippen LogP contribution in [0, 0.1) is 13.8 Å². The first-order chi connectivity index (χ1) is 6.09. The van der Waals surface area contributed by atoms with Gasteiger partial charge in [0.1, 0.15) is 0 Å². The minimum atomic E-state index is 0.473. The summed E-state index contributed by atoms with van der Waals surface area (Å²) in [5.74, 6) is 1.12. The molecule has 0 atom stereocenters. The van der Waals surface area contributed by atoms with Crippen LogP contribution < -0.4 is 10.4 Å². The van der Waals surface area contributed by atoms with Crippen LogP contribution in [0.3, 0.4) is 0 Å². The van der Waals surface area contributed by atoms with E-state index in [0.29, 0.717) is 11.7 Å². The summed E-state index contributed by atoms with van der Waals surface area (Å²) in [5.41, 5.74) is 7.69. The second-order valence-corrected chi connectivity index (χ2v) is 3.14. The highest BCUT2D eigenvalue weighted by atomic mass is 15.4. The molecule has 2 N–H and O–H groups in total. The van der Waals surface area contributed by atoms with Crippen LogP contribution in [0.1, 0.15) is 11.4 Å². The average molecular weight is 178 g/mol. The summed E-state index contributed by atoms with van der Waals surface area (Å²) in [6, 6.07) is 1.99. The van der Waals surface area contributed by atoms with Crippen molar-refractivity contribution in [3.63, 3.8) is 0 Å². The van der Waals surface area contributed by atoms with Gasteiger partial charge in [0.2, 0.25) is 0 Å². The number of rotatable bonds is 0. The fourth-order valence-corrected chi connectivity index (χ4v) is 1.48. The number of nitrogens with two attached hydrogens (primary N) is 1. The second kappa shape index (κ2) is 2.42. The molecule has 2 aromatic rings. The minimum absolute atomic E-state index is 0.473. The SMILES string of the molecule is Cc1cc(C)n2c(n1)nc(N)[n+]2C. The molecule has 0 aliphatic carbocycles. The molecule has 0 unspecified atom stereocenters. The highest BCUT2D eigenvalue weighted by Gasteiger charge is 2.14. The molecular weight excluding hydrogens is 166 g/mol. The number of hydrogen-bond donors (Lipinski definition) is 1. The lowest BCUT2D eigenvalue weighted by molar-refractivity contribution is -0.725. The Balaban J connectivity index is 2.94. The van der Waals surface area contributed by atoms with Gasteiger partial charge < -0.3 is 0 Å². The van der Waals surface area contributed by atoms with Crippen LogP contribution in [0.15, 0.2) is 6.07 Å². The van der Waals surface area contributed by atoms with Crippen LogP contribution in [-0.4, -0.2) is 14.5 Å². The van der Waals surface area contributed by atoms with E-state index in [1.165, 1.54) is 0 Å². The van der Waals surface area contributed by atoms with Gasteiger partial charge in [0.15, 0.2) is 0 Å². The van der Waals surface area contributed by atoms with Gasteiger partial charge >= 0.3 is 11.7 Å². The van der Waals surface area contributed by atoms with Gasteiger partial charge in [0.05, 0.1) is 12.7 Å². The van der Waals surface area contributed by atoms with Crippen molar-refractivity contribution in [2.24, 2.45) is 7.05 Å². The molecule has 5 nitrogen and oxygen atoms in total. The predicted octanol–water partition coefficient (Wildman–Crippen LogP) is -0.247. The zero-order chi connectivity index (χ0) is 9.59. The van der Waals surface area contributed by atoms with Crippen molar-refractivity contribution >= 4 is 11.7 Å². The first kappa shape index (κ1) is 7.97. The number of fused-ring (bicyclic) bond motifs is 1. The Labute approximate surface area is 75.8 Å². The van der Waals surface area contributed by atoms with Crippen molar-refractivity contribution in [2.45, 2.75) is 13.8 Å². The van der Waals surface area contributed by atoms with Crippen molar-refractivity contribution in [3.8, 4) is 0 Å². The molecule has 0 radical (unpaired) electrons. The van der Waals surface area contributed by atoms with Gasteiger partial charge in [-0.15, -0.1) is 0 Å². The summed E-state index contributed by atoms with van der Waals surface area (Å²) in [7, 11) is 1.86. The lowest BCUT2D eigenvalue weighted by Gasteiger charge is -1.98. The van der Waals surface area contributed by atoms with Crippen LogP contribution >= 0.6 is 0 Å². The Morgan fingerprint density at radius 2 is 2.08 bits per heavy atom. The van der Waals surface area contributed by atoms with E-state index < -0.39 is 0 Å². The minimum Gasteiger partial charge on any atom is -0.286 e. The summed E-state index contributed by atoms with van der Waals surface area (Å²) in [6.07, 6.45) is 0. The first-order valence-corrected chi connectivity index (χ1v) is 4.08. The molecule has 5 heteroatoms. The molecule has 0 aliphatic heterocycles. The largest absolute Gasteiger partial charge is 0.410 e. The van der Waals surface area contributed by atoms with Crippen LogP contribution in [-0.2, 0) is 7.05 Å². The number of hydrogen-bond acceptors (Lipinski definition) is 3. The maximum Gasteiger partial charge on any atom is 0.410 e. The van der Waals surface area contributed by atoms with Crippen molar-refractivity contribution in [1.29, 1.82) is 0 Å². The summed E-state index contributed by atoms with van der Waals surface area (Å²) >= 11 is 0. The molecule has 0 fully saturated rings. The molecule has 2 heterocycles. The van der Waals surface area contributed by atoms with Gasteiger partial charge in [0.25, 0.3) is 0 Å². The van der Waals surface area contributed by atoms with Crippen LogP contribution in [0.4, 0.5) is 5.95 Å². The number of anilines is 1. The fourth-order valence-electron chi connectivity index (χ4n) is 1.48. The van der Waals surface area contributed by atoms with Gasteiger partial charge in [-0.3, -0.25) is 5.73 Å². The van der Waals surface area contributed by atoms with E-state index in [4.69, 9.17) is 5.73 Å². The summed E-state index contributed by atoms with van der Waals surface area (Å²) in [5, 5.41) is 0. The molecule has 2 rings (SSSR count). The first-order valence-electron chi connectivity index (χ1n) is 4.08. The molecule has 0 aliphatic rings. The Bertz CT molecular complexity index is 471. The van der Waals surface area contributed by atoms with Crippen molar-refractivity contribution in [3.05, 3.63) is 17.5 Å². The van der Waals surface area contributed by atoms with Gasteiger partial charge in [-0.2, -0.15) is 9.20 Å². The molecule has 13 heavy (non-hydrogen) atoms. The van der Waals surface area contributed by atoms with Crippen LogP contribution in [0.5, 0.6) is 0 Å². The highest BCUT2D eigenvalue weighted by molar-refractivity contribution is 5.32. The number of aryl methyl sites for hydroxylation is 3. The van der Waals surface area contributed by atoms with Gasteiger partial charge in [0, 0.05) is 5.69 Å². The van der Waals surface area contributed by atoms with E-state index in [-0.39, 0.29) is 0 Å². The zero-order valence-corrected chi connectivity index (χ0v) is 7.94. The standard InChI is InChI=1S/C8H11N5/c1-5-4-6(2)13-8(10-5)11-7(9)12(13)3/h4,9H,1-3H3/p+1. The molecule has 0 saturated carbocycles. The third-order valence-corrected chi connectivity index (χ3v) is 2.06. The highest BCUT2D eigenvalue weighted by Crippen LogP contribution is 2.03. The Morgan fingerprint density at radius 3 is 2.77 bits per heavy atom. The Hall–Kier alpha value is -1.65. The maximum absolute atomic E-state index is 5.66. The van der Waals surface area contributed by atoms with E-state index in [1.54, 1.807) is 4.68 Å². The molecule has 0 saturated heterocycles. The van der Waals surface area contributed by atoms with E-state index in [2.05, 4.69) is 9.97 Å². The quantitative estimate of drug-likeness (QED) is 0.566. The lowest BCUT2D eigenvalue weighted by atomic mass is 10.4. The normalized spacial score (nSPS) is 11.0. The summed E-state index contributed by atoms with van der Waals surface area (Å²) in [6.45, 7) is 3.95. The molecule has 0 aromatic carbocycles. The molecule has 0 bridgehead atoms. The van der Waals surface area contributed by atoms with Crippen LogP contribution in [0.2, 0.25) is 0 Å². The lowest BCUT2D eigenvalue weighted by Crippen LogP contribution is -2.38. The van der Waals surface area contributed by atoms with Gasteiger partial charge in [-0.1, -0.05) is 0 Å². The number of nitrogen functional groups attached to an aromatic ring is 1. The zero-order valence-electron chi connectivity index (χ0n) is 7.94. The van der Waals surface area contributed by atoms with Gasteiger partial charge in [-0.05, 0) is 24.9 Å². The summed E-state index contributed by atoms with van der Waals surface area (Å²) < 4.78 is 3.65. The van der Waals surface area contributed by atoms with E-state index in [1.807, 2.05) is 31.5 Å². The number of nitrogens with zero attached hydrogens (tertiary/aromatic N) is 4. The Kier molecular flexibility index (Phi) is 1.48. The second-order valence-electron chi connectivity index (χ2n) is 3.14. The smallest absolute Gasteiger partial charge is 0.286 e. The molecule has 68 valence electrons. The van der Waals surface area contributed by atoms with Crippen molar-refractivity contribution in [2.75, 3.05) is 5.73 Å². The topological polar surface area (TPSA) is 60.1 Å². The van der Waals surface area contributed by atoms with E-state index in [9.17, 15) is 0 Å². The van der Waals surface area contributed by atoms with Crippen LogP contribution in [0.25, 0.3) is 5.78 Å². The third-order valence-electron chi connectivity index (χ3n) is 2.06. The van der Waals surface area contributed by atoms with Crippen molar-refractivity contribution in [1.82, 2.24) is 14.5 Å². The van der Waals surface area contributed by atoms with Gasteiger partial charge in [-0.25, -0.2) is 4.98 Å². The Morgan fingerprint density at radius 1 is 1.38 bits per heavy atom. The third kappa shape index (κ3) is 1.04. The maximum atomic E-state index is 5.66. The molecular formula is C8H12N5+. The molecule has 0 amide bonds. The predicted molar refractivity (Wildman–Crippen MR) is 48.0 cm³/mol. The molecule has 0 spiro atoms. The summed E-state index contributed by atoms with van der Waals surface area (Å²) in [4.78, 5) is 8.40. The fraction of sp³-hybridized carbons (Fsp3) is 0.375. The van der Waals surface area contributed by atoms with E-state index in [0.717, 1.165) is 11.4 Å². The monoisotopic (exact) mass is 178 g/mol. The number of aromatic nitrogens is 4. The molecule has 2 aromatic heterocycles. The average Bonchev–Trinajstić information content (AvgIpc) is 2.27.